The molecule has 28 heavy (non-hydrogen) atoms. The molecule has 0 aliphatic heterocycles. The summed E-state index contributed by atoms with van der Waals surface area (Å²) in [5.74, 6) is 0.877. The molecule has 0 aromatic heterocycles. The SMILES string of the molecule is CCN(CC)CCCC(C)NC(=NC)NCc1ccccc1CN(C)C(C)C. The Labute approximate surface area is 173 Å². The molecule has 160 valence electrons. The molecule has 1 rings (SSSR count). The van der Waals surface area contributed by atoms with Gasteiger partial charge in [0, 0.05) is 32.2 Å². The molecule has 0 saturated heterocycles. The molecule has 0 heterocycles. The molecule has 0 saturated carbocycles. The Bertz CT molecular complexity index is 566. The topological polar surface area (TPSA) is 42.9 Å². The summed E-state index contributed by atoms with van der Waals surface area (Å²) in [5, 5.41) is 7.03. The van der Waals surface area contributed by atoms with Crippen LogP contribution >= 0.6 is 0 Å². The van der Waals surface area contributed by atoms with Crippen LogP contribution in [-0.4, -0.2) is 61.6 Å². The van der Waals surface area contributed by atoms with Gasteiger partial charge in [-0.2, -0.15) is 0 Å². The third kappa shape index (κ3) is 9.07. The summed E-state index contributed by atoms with van der Waals surface area (Å²) >= 11 is 0. The van der Waals surface area contributed by atoms with Crippen molar-refractivity contribution in [2.45, 2.75) is 72.6 Å². The monoisotopic (exact) mass is 389 g/mol. The molecule has 0 amide bonds. The first-order valence-electron chi connectivity index (χ1n) is 10.9. The van der Waals surface area contributed by atoms with Crippen molar-refractivity contribution >= 4 is 5.96 Å². The Balaban J connectivity index is 2.52. The van der Waals surface area contributed by atoms with Crippen LogP contribution in [0.1, 0.15) is 58.6 Å². The van der Waals surface area contributed by atoms with E-state index in [2.05, 4.69) is 91.4 Å². The van der Waals surface area contributed by atoms with Crippen LogP contribution in [0, 0.1) is 0 Å². The molecular weight excluding hydrogens is 346 g/mol. The summed E-state index contributed by atoms with van der Waals surface area (Å²) in [6, 6.07) is 9.61. The summed E-state index contributed by atoms with van der Waals surface area (Å²) in [6.07, 6.45) is 2.35. The van der Waals surface area contributed by atoms with Crippen LogP contribution in [0.5, 0.6) is 0 Å². The Morgan fingerprint density at radius 1 is 1.07 bits per heavy atom. The third-order valence-corrected chi connectivity index (χ3v) is 5.48. The van der Waals surface area contributed by atoms with E-state index in [4.69, 9.17) is 0 Å². The predicted octanol–water partition coefficient (Wildman–Crippen LogP) is 3.70. The Morgan fingerprint density at radius 2 is 1.71 bits per heavy atom. The molecule has 5 heteroatoms. The van der Waals surface area contributed by atoms with Gasteiger partial charge in [-0.25, -0.2) is 0 Å². The molecule has 0 radical (unpaired) electrons. The lowest BCUT2D eigenvalue weighted by molar-refractivity contribution is 0.265. The van der Waals surface area contributed by atoms with Crippen LogP contribution in [0.25, 0.3) is 0 Å². The molecule has 1 aromatic rings. The number of benzene rings is 1. The quantitative estimate of drug-likeness (QED) is 0.422. The number of nitrogens with zero attached hydrogens (tertiary/aromatic N) is 3. The number of nitrogens with one attached hydrogen (secondary N) is 2. The minimum Gasteiger partial charge on any atom is -0.354 e. The first-order valence-corrected chi connectivity index (χ1v) is 10.9. The number of guanidine groups is 1. The molecule has 1 unspecified atom stereocenters. The van der Waals surface area contributed by atoms with Gasteiger partial charge in [-0.1, -0.05) is 38.1 Å². The number of hydrogen-bond acceptors (Lipinski definition) is 3. The van der Waals surface area contributed by atoms with Crippen molar-refractivity contribution in [1.29, 1.82) is 0 Å². The molecule has 0 spiro atoms. The van der Waals surface area contributed by atoms with Crippen LogP contribution < -0.4 is 10.6 Å². The molecule has 1 aromatic carbocycles. The van der Waals surface area contributed by atoms with Crippen molar-refractivity contribution in [3.8, 4) is 0 Å². The van der Waals surface area contributed by atoms with Crippen molar-refractivity contribution in [3.63, 3.8) is 0 Å². The number of hydrogen-bond donors (Lipinski definition) is 2. The third-order valence-electron chi connectivity index (χ3n) is 5.48. The van der Waals surface area contributed by atoms with Gasteiger partial charge in [-0.05, 0) is 71.4 Å². The normalized spacial score (nSPS) is 13.4. The predicted molar refractivity (Wildman–Crippen MR) is 123 cm³/mol. The molecule has 0 bridgehead atoms. The van der Waals surface area contributed by atoms with Gasteiger partial charge in [0.05, 0.1) is 0 Å². The minimum atomic E-state index is 0.407. The standard InChI is InChI=1S/C23H43N5/c1-8-28(9-2)16-12-13-20(5)26-23(24-6)25-17-21-14-10-11-15-22(21)18-27(7)19(3)4/h10-11,14-15,19-20H,8-9,12-13,16-18H2,1-7H3,(H2,24,25,26). The minimum absolute atomic E-state index is 0.407. The zero-order chi connectivity index (χ0) is 20.9. The summed E-state index contributed by atoms with van der Waals surface area (Å²) in [6.45, 7) is 16.3. The maximum atomic E-state index is 4.41. The van der Waals surface area contributed by atoms with Crippen molar-refractivity contribution in [2.75, 3.05) is 33.7 Å². The molecule has 2 N–H and O–H groups in total. The van der Waals surface area contributed by atoms with E-state index in [9.17, 15) is 0 Å². The number of rotatable bonds is 12. The fourth-order valence-electron chi connectivity index (χ4n) is 3.18. The summed E-state index contributed by atoms with van der Waals surface area (Å²) in [4.78, 5) is 9.25. The van der Waals surface area contributed by atoms with Crippen molar-refractivity contribution < 1.29 is 0 Å². The fraction of sp³-hybridized carbons (Fsp3) is 0.696. The largest absolute Gasteiger partial charge is 0.354 e. The van der Waals surface area contributed by atoms with Gasteiger partial charge in [-0.3, -0.25) is 9.89 Å². The van der Waals surface area contributed by atoms with Crippen molar-refractivity contribution in [1.82, 2.24) is 20.4 Å². The Morgan fingerprint density at radius 3 is 2.29 bits per heavy atom. The second kappa shape index (κ2) is 13.6. The van der Waals surface area contributed by atoms with Gasteiger partial charge in [0.15, 0.2) is 5.96 Å². The van der Waals surface area contributed by atoms with Crippen molar-refractivity contribution in [3.05, 3.63) is 35.4 Å². The lowest BCUT2D eigenvalue weighted by Gasteiger charge is -2.23. The van der Waals surface area contributed by atoms with Gasteiger partial charge in [0.1, 0.15) is 0 Å². The maximum Gasteiger partial charge on any atom is 0.191 e. The summed E-state index contributed by atoms with van der Waals surface area (Å²) in [7, 11) is 4.02. The van der Waals surface area contributed by atoms with Gasteiger partial charge >= 0.3 is 0 Å². The average molecular weight is 390 g/mol. The summed E-state index contributed by atoms with van der Waals surface area (Å²) < 4.78 is 0. The lowest BCUT2D eigenvalue weighted by atomic mass is 10.1. The second-order valence-electron chi connectivity index (χ2n) is 7.92. The van der Waals surface area contributed by atoms with E-state index in [0.29, 0.717) is 12.1 Å². The highest BCUT2D eigenvalue weighted by atomic mass is 15.2. The average Bonchev–Trinajstić information content (AvgIpc) is 2.69. The van der Waals surface area contributed by atoms with E-state index in [0.717, 1.165) is 38.6 Å². The van der Waals surface area contributed by atoms with Crippen LogP contribution in [-0.2, 0) is 13.1 Å². The second-order valence-corrected chi connectivity index (χ2v) is 7.92. The van der Waals surface area contributed by atoms with E-state index in [1.165, 1.54) is 24.1 Å². The summed E-state index contributed by atoms with van der Waals surface area (Å²) in [5.41, 5.74) is 2.70. The van der Waals surface area contributed by atoms with Crippen molar-refractivity contribution in [2.24, 2.45) is 4.99 Å². The molecular formula is C23H43N5. The first-order chi connectivity index (χ1) is 13.4. The van der Waals surface area contributed by atoms with Gasteiger partial charge in [-0.15, -0.1) is 0 Å². The van der Waals surface area contributed by atoms with E-state index in [-0.39, 0.29) is 0 Å². The smallest absolute Gasteiger partial charge is 0.191 e. The van der Waals surface area contributed by atoms with Crippen LogP contribution in [0.15, 0.2) is 29.3 Å². The molecule has 5 nitrogen and oxygen atoms in total. The first kappa shape index (κ1) is 24.4. The lowest BCUT2D eigenvalue weighted by Crippen LogP contribution is -2.42. The Hall–Kier alpha value is -1.59. The maximum absolute atomic E-state index is 4.41. The highest BCUT2D eigenvalue weighted by Crippen LogP contribution is 2.12. The Kier molecular flexibility index (Phi) is 11.8. The van der Waals surface area contributed by atoms with E-state index < -0.39 is 0 Å². The van der Waals surface area contributed by atoms with E-state index in [1.54, 1.807) is 0 Å². The molecule has 0 aliphatic carbocycles. The van der Waals surface area contributed by atoms with Crippen LogP contribution in [0.2, 0.25) is 0 Å². The van der Waals surface area contributed by atoms with E-state index >= 15 is 0 Å². The van der Waals surface area contributed by atoms with Gasteiger partial charge in [0.25, 0.3) is 0 Å². The molecule has 0 fully saturated rings. The van der Waals surface area contributed by atoms with E-state index in [1.807, 2.05) is 7.05 Å². The van der Waals surface area contributed by atoms with Gasteiger partial charge < -0.3 is 15.5 Å². The van der Waals surface area contributed by atoms with Crippen LogP contribution in [0.4, 0.5) is 0 Å². The highest BCUT2D eigenvalue weighted by molar-refractivity contribution is 5.79. The number of aliphatic imine (C=N–C) groups is 1. The zero-order valence-electron chi connectivity index (χ0n) is 19.3. The van der Waals surface area contributed by atoms with Gasteiger partial charge in [0.2, 0.25) is 0 Å². The molecule has 0 aliphatic rings. The molecule has 1 atom stereocenters. The van der Waals surface area contributed by atoms with Crippen LogP contribution in [0.3, 0.4) is 0 Å². The fourth-order valence-corrected chi connectivity index (χ4v) is 3.18. The zero-order valence-corrected chi connectivity index (χ0v) is 19.3. The highest BCUT2D eigenvalue weighted by Gasteiger charge is 2.10.